The van der Waals surface area contributed by atoms with Crippen molar-refractivity contribution in [3.05, 3.63) is 76.2 Å². The summed E-state index contributed by atoms with van der Waals surface area (Å²) in [6.45, 7) is 0. The lowest BCUT2D eigenvalue weighted by molar-refractivity contribution is -0.119. The normalized spacial score (nSPS) is 12.2. The van der Waals surface area contributed by atoms with E-state index in [9.17, 15) is 13.6 Å². The molecule has 1 amide bonds. The number of aromatic amines is 1. The van der Waals surface area contributed by atoms with Crippen LogP contribution in [-0.2, 0) is 4.79 Å². The van der Waals surface area contributed by atoms with Gasteiger partial charge in [-0.1, -0.05) is 42.1 Å². The molecule has 9 heteroatoms. The van der Waals surface area contributed by atoms with Crippen LogP contribution in [0.15, 0.2) is 59.2 Å². The number of halogens is 2. The van der Waals surface area contributed by atoms with Gasteiger partial charge in [0.15, 0.2) is 16.8 Å². The number of nitrogens with one attached hydrogen (secondary N) is 2. The zero-order valence-corrected chi connectivity index (χ0v) is 16.0. The van der Waals surface area contributed by atoms with Gasteiger partial charge in [0.05, 0.1) is 16.8 Å². The van der Waals surface area contributed by atoms with Gasteiger partial charge in [0.2, 0.25) is 5.91 Å². The summed E-state index contributed by atoms with van der Waals surface area (Å²) < 4.78 is 26.6. The van der Waals surface area contributed by atoms with Crippen molar-refractivity contribution in [1.82, 2.24) is 20.3 Å². The van der Waals surface area contributed by atoms with Crippen LogP contribution in [0.2, 0.25) is 0 Å². The highest BCUT2D eigenvalue weighted by molar-refractivity contribution is 7.99. The molecule has 5 nitrogen and oxygen atoms in total. The molecule has 0 aliphatic heterocycles. The summed E-state index contributed by atoms with van der Waals surface area (Å²) in [5.74, 6) is -2.01. The highest BCUT2D eigenvalue weighted by Gasteiger charge is 2.19. The number of carbonyl (C=O) groups excluding carboxylic acids is 1. The predicted octanol–water partition coefficient (Wildman–Crippen LogP) is 4.30. The Kier molecular flexibility index (Phi) is 5.36. The van der Waals surface area contributed by atoms with Crippen LogP contribution >= 0.6 is 23.1 Å². The van der Waals surface area contributed by atoms with E-state index < -0.39 is 11.6 Å². The van der Waals surface area contributed by atoms with Crippen molar-refractivity contribution in [2.45, 2.75) is 11.2 Å². The Morgan fingerprint density at radius 2 is 2.00 bits per heavy atom. The number of hydrogen-bond acceptors (Lipinski definition) is 5. The topological polar surface area (TPSA) is 70.7 Å². The molecule has 0 radical (unpaired) electrons. The molecule has 1 atom stereocenters. The summed E-state index contributed by atoms with van der Waals surface area (Å²) in [6.07, 6.45) is 1.70. The first kappa shape index (κ1) is 18.6. The number of thioether (sulfide) groups is 1. The fourth-order valence-corrected chi connectivity index (χ4v) is 4.11. The second-order valence-corrected chi connectivity index (χ2v) is 7.79. The summed E-state index contributed by atoms with van der Waals surface area (Å²) in [5.41, 5.74) is 1.63. The molecule has 0 saturated heterocycles. The average Bonchev–Trinajstić information content (AvgIpc) is 3.35. The number of nitrogens with zero attached hydrogens (tertiary/aromatic N) is 2. The molecule has 0 aliphatic rings. The Bertz CT molecular complexity index is 1060. The van der Waals surface area contributed by atoms with Gasteiger partial charge in [-0.05, 0) is 5.56 Å². The van der Waals surface area contributed by atoms with E-state index in [-0.39, 0.29) is 17.7 Å². The summed E-state index contributed by atoms with van der Waals surface area (Å²) in [4.78, 5) is 23.9. The minimum atomic E-state index is -0.956. The van der Waals surface area contributed by atoms with E-state index in [1.807, 2.05) is 35.7 Å². The lowest BCUT2D eigenvalue weighted by Crippen LogP contribution is -2.30. The first-order valence-electron chi connectivity index (χ1n) is 8.31. The van der Waals surface area contributed by atoms with E-state index in [0.29, 0.717) is 16.2 Å². The van der Waals surface area contributed by atoms with Crippen molar-refractivity contribution in [1.29, 1.82) is 0 Å². The summed E-state index contributed by atoms with van der Waals surface area (Å²) in [6, 6.07) is 11.3. The molecule has 2 N–H and O–H groups in total. The van der Waals surface area contributed by atoms with Crippen LogP contribution in [0.5, 0.6) is 0 Å². The fourth-order valence-electron chi connectivity index (χ4n) is 2.70. The lowest BCUT2D eigenvalue weighted by atomic mass is 10.1. The third-order valence-electron chi connectivity index (χ3n) is 3.98. The minimum absolute atomic E-state index is 0.0967. The largest absolute Gasteiger partial charge is 0.342 e. The molecule has 2 aromatic heterocycles. The number of hydrogen-bond donors (Lipinski definition) is 2. The third-order valence-corrected chi connectivity index (χ3v) is 5.69. The fraction of sp³-hybridized carbons (Fsp3) is 0.105. The van der Waals surface area contributed by atoms with Crippen molar-refractivity contribution in [2.75, 3.05) is 5.75 Å². The van der Waals surface area contributed by atoms with Crippen molar-refractivity contribution in [3.63, 3.8) is 0 Å². The van der Waals surface area contributed by atoms with Crippen molar-refractivity contribution < 1.29 is 13.6 Å². The maximum absolute atomic E-state index is 13.3. The first-order chi connectivity index (χ1) is 13.6. The van der Waals surface area contributed by atoms with Gasteiger partial charge in [0.25, 0.3) is 0 Å². The van der Waals surface area contributed by atoms with E-state index in [2.05, 4.69) is 20.3 Å². The monoisotopic (exact) mass is 416 g/mol. The van der Waals surface area contributed by atoms with Crippen LogP contribution in [0.4, 0.5) is 8.78 Å². The van der Waals surface area contributed by atoms with Crippen LogP contribution in [0.3, 0.4) is 0 Å². The molecule has 0 aliphatic carbocycles. The minimum Gasteiger partial charge on any atom is -0.342 e. The average molecular weight is 416 g/mol. The quantitative estimate of drug-likeness (QED) is 0.460. The number of aromatic nitrogens is 3. The number of rotatable bonds is 6. The Labute approximate surface area is 167 Å². The molecule has 0 bridgehead atoms. The van der Waals surface area contributed by atoms with Gasteiger partial charge in [-0.3, -0.25) is 4.79 Å². The van der Waals surface area contributed by atoms with Gasteiger partial charge >= 0.3 is 0 Å². The van der Waals surface area contributed by atoms with Crippen LogP contribution in [0.1, 0.15) is 16.6 Å². The van der Waals surface area contributed by atoms with Crippen molar-refractivity contribution >= 4 is 40.0 Å². The lowest BCUT2D eigenvalue weighted by Gasteiger charge is -2.16. The Morgan fingerprint density at radius 1 is 1.21 bits per heavy atom. The molecule has 2 aromatic carbocycles. The van der Waals surface area contributed by atoms with Crippen LogP contribution in [0.25, 0.3) is 11.0 Å². The zero-order chi connectivity index (χ0) is 19.5. The van der Waals surface area contributed by atoms with Crippen LogP contribution < -0.4 is 5.32 Å². The van der Waals surface area contributed by atoms with Crippen LogP contribution in [0, 0.1) is 11.6 Å². The van der Waals surface area contributed by atoms with Gasteiger partial charge < -0.3 is 10.3 Å². The Hall–Kier alpha value is -2.78. The number of amides is 1. The molecule has 4 rings (SSSR count). The van der Waals surface area contributed by atoms with Gasteiger partial charge in [0.1, 0.15) is 11.0 Å². The standard InChI is InChI=1S/C19H14F2N4OS2/c20-12-8-14-15(9-13(12)21)24-19(23-14)28-10-16(26)25-17(18-22-6-7-27-18)11-4-2-1-3-5-11/h1-9,17H,10H2,(H,23,24)(H,25,26). The number of benzene rings is 2. The maximum Gasteiger partial charge on any atom is 0.231 e. The molecule has 2 heterocycles. The summed E-state index contributed by atoms with van der Waals surface area (Å²) in [7, 11) is 0. The molecular formula is C19H14F2N4OS2. The van der Waals surface area contributed by atoms with Crippen molar-refractivity contribution in [3.8, 4) is 0 Å². The molecule has 4 aromatic rings. The smallest absolute Gasteiger partial charge is 0.231 e. The van der Waals surface area contributed by atoms with Gasteiger partial charge in [-0.25, -0.2) is 18.7 Å². The van der Waals surface area contributed by atoms with E-state index in [4.69, 9.17) is 0 Å². The predicted molar refractivity (Wildman–Crippen MR) is 105 cm³/mol. The van der Waals surface area contributed by atoms with E-state index in [1.165, 1.54) is 11.3 Å². The Morgan fingerprint density at radius 3 is 2.75 bits per heavy atom. The number of thiazole rings is 1. The van der Waals surface area contributed by atoms with E-state index in [1.54, 1.807) is 6.20 Å². The van der Waals surface area contributed by atoms with E-state index >= 15 is 0 Å². The number of imidazole rings is 1. The summed E-state index contributed by atoms with van der Waals surface area (Å²) in [5, 5.41) is 6.05. The van der Waals surface area contributed by atoms with Gasteiger partial charge in [0, 0.05) is 23.7 Å². The first-order valence-corrected chi connectivity index (χ1v) is 10.2. The van der Waals surface area contributed by atoms with Crippen molar-refractivity contribution in [2.24, 2.45) is 0 Å². The van der Waals surface area contributed by atoms with Gasteiger partial charge in [-0.2, -0.15) is 0 Å². The second kappa shape index (κ2) is 8.07. The summed E-state index contributed by atoms with van der Waals surface area (Å²) >= 11 is 2.63. The molecular weight excluding hydrogens is 402 g/mol. The molecule has 0 spiro atoms. The molecule has 142 valence electrons. The maximum atomic E-state index is 13.3. The number of H-pyrrole nitrogens is 1. The molecule has 0 fully saturated rings. The van der Waals surface area contributed by atoms with E-state index in [0.717, 1.165) is 34.5 Å². The van der Waals surface area contributed by atoms with Gasteiger partial charge in [-0.15, -0.1) is 11.3 Å². The molecule has 1 unspecified atom stereocenters. The van der Waals surface area contributed by atoms with Crippen LogP contribution in [-0.4, -0.2) is 26.6 Å². The zero-order valence-electron chi connectivity index (χ0n) is 14.4. The SMILES string of the molecule is O=C(CSc1nc2cc(F)c(F)cc2[nH]1)NC(c1ccccc1)c1nccs1. The Balaban J connectivity index is 1.45. The molecule has 0 saturated carbocycles. The number of fused-ring (bicyclic) bond motifs is 1. The number of carbonyl (C=O) groups is 1. The highest BCUT2D eigenvalue weighted by atomic mass is 32.2. The second-order valence-electron chi connectivity index (χ2n) is 5.90. The molecule has 28 heavy (non-hydrogen) atoms. The third kappa shape index (κ3) is 4.05. The highest BCUT2D eigenvalue weighted by Crippen LogP contribution is 2.25.